The summed E-state index contributed by atoms with van der Waals surface area (Å²) in [4.78, 5) is 0. The van der Waals surface area contributed by atoms with Crippen LogP contribution >= 0.6 is 48.8 Å². The summed E-state index contributed by atoms with van der Waals surface area (Å²) in [6.07, 6.45) is 0. The third-order valence-corrected chi connectivity index (χ3v) is 3.96. The fourth-order valence-corrected chi connectivity index (χ4v) is 1.64. The summed E-state index contributed by atoms with van der Waals surface area (Å²) in [6, 6.07) is 6.02. The fourth-order valence-electron chi connectivity index (χ4n) is 0.520. The summed E-state index contributed by atoms with van der Waals surface area (Å²) in [6.45, 7) is 0. The first-order valence-corrected chi connectivity index (χ1v) is 4.57. The average Bonchev–Trinajstić information content (AvgIpc) is 1.83. The van der Waals surface area contributed by atoms with Crippen LogP contribution in [0.3, 0.4) is 0 Å². The first kappa shape index (κ1) is 11.2. The van der Waals surface area contributed by atoms with Crippen molar-refractivity contribution in [3.63, 3.8) is 0 Å². The lowest BCUT2D eigenvalue weighted by Crippen LogP contribution is -2.02. The number of hydrogen-bond acceptors (Lipinski definition) is 0. The number of hydrogen-bond donors (Lipinski definition) is 0. The maximum Gasteiger partial charge on any atom is 0.177 e. The molecule has 0 spiro atoms. The first-order valence-electron chi connectivity index (χ1n) is 2.41. The molecule has 2 radical (unpaired) electrons. The van der Waals surface area contributed by atoms with Gasteiger partial charge in [0.2, 0.25) is 0 Å². The molecule has 0 N–H and O–H groups in total. The highest BCUT2D eigenvalue weighted by molar-refractivity contribution is 9.13. The molecule has 1 aromatic rings. The molecule has 10 heavy (non-hydrogen) atoms. The average molecular weight is 343 g/mol. The lowest BCUT2D eigenvalue weighted by atomic mass is 10.4. The quantitative estimate of drug-likeness (QED) is 0.636. The zero-order chi connectivity index (χ0) is 6.85. The van der Waals surface area contributed by atoms with Crippen LogP contribution in [0.5, 0.6) is 0 Å². The molecule has 0 aliphatic heterocycles. The van der Waals surface area contributed by atoms with E-state index in [-0.39, 0.29) is 17.0 Å². The van der Waals surface area contributed by atoms with Gasteiger partial charge < -0.3 is 0 Å². The summed E-state index contributed by atoms with van der Waals surface area (Å²) in [5.74, 6) is 0. The Bertz CT molecular complexity index is 204. The molecule has 0 saturated heterocycles. The first-order chi connectivity index (χ1) is 4.22. The summed E-state index contributed by atoms with van der Waals surface area (Å²) < 4.78 is 3.37. The van der Waals surface area contributed by atoms with E-state index in [1.54, 1.807) is 0 Å². The number of halogens is 3. The molecule has 1 rings (SSSR count). The second-order valence-electron chi connectivity index (χ2n) is 1.64. The summed E-state index contributed by atoms with van der Waals surface area (Å²) in [5, 5.41) is 0. The SMILES string of the molecule is Br.[Al][c]1cccc(Br)c1Br. The van der Waals surface area contributed by atoms with Crippen LogP contribution in [0.2, 0.25) is 0 Å². The van der Waals surface area contributed by atoms with Crippen LogP contribution in [-0.2, 0) is 0 Å². The molecule has 0 atom stereocenters. The zero-order valence-electron chi connectivity index (χ0n) is 4.97. The van der Waals surface area contributed by atoms with E-state index in [1.807, 2.05) is 18.2 Å². The highest BCUT2D eigenvalue weighted by Gasteiger charge is 1.94. The van der Waals surface area contributed by atoms with Crippen molar-refractivity contribution < 1.29 is 0 Å². The van der Waals surface area contributed by atoms with Gasteiger partial charge in [0, 0.05) is 8.95 Å². The maximum absolute atomic E-state index is 3.41. The van der Waals surface area contributed by atoms with Gasteiger partial charge in [-0.2, -0.15) is 0 Å². The Hall–Kier alpha value is 1.19. The summed E-state index contributed by atoms with van der Waals surface area (Å²) in [5.41, 5.74) is 0. The Labute approximate surface area is 95.8 Å². The van der Waals surface area contributed by atoms with Gasteiger partial charge in [0.1, 0.15) is 0 Å². The van der Waals surface area contributed by atoms with Crippen LogP contribution in [0.4, 0.5) is 0 Å². The van der Waals surface area contributed by atoms with Gasteiger partial charge in [0.25, 0.3) is 0 Å². The third kappa shape index (κ3) is 2.67. The molecular weight excluding hydrogens is 339 g/mol. The smallest absolute Gasteiger partial charge is 0.124 e. The topological polar surface area (TPSA) is 0 Å². The molecule has 1 aromatic carbocycles. The van der Waals surface area contributed by atoms with Crippen LogP contribution in [-0.4, -0.2) is 16.3 Å². The molecule has 0 bridgehead atoms. The van der Waals surface area contributed by atoms with Crippen molar-refractivity contribution in [2.75, 3.05) is 0 Å². The molecule has 0 heterocycles. The van der Waals surface area contributed by atoms with Gasteiger partial charge in [-0.1, -0.05) is 28.1 Å². The Morgan fingerprint density at radius 1 is 1.20 bits per heavy atom. The van der Waals surface area contributed by atoms with Crippen molar-refractivity contribution in [1.82, 2.24) is 0 Å². The molecule has 0 aromatic heterocycles. The molecule has 52 valence electrons. The van der Waals surface area contributed by atoms with Gasteiger partial charge >= 0.3 is 0 Å². The van der Waals surface area contributed by atoms with Crippen LogP contribution < -0.4 is 4.43 Å². The van der Waals surface area contributed by atoms with E-state index in [1.165, 1.54) is 4.43 Å². The van der Waals surface area contributed by atoms with Gasteiger partial charge in [-0.25, -0.2) is 0 Å². The molecule has 0 nitrogen and oxygen atoms in total. The Morgan fingerprint density at radius 2 is 1.80 bits per heavy atom. The second-order valence-corrected chi connectivity index (χ2v) is 3.91. The summed E-state index contributed by atoms with van der Waals surface area (Å²) in [7, 11) is 0. The van der Waals surface area contributed by atoms with Crippen molar-refractivity contribution in [1.29, 1.82) is 0 Å². The zero-order valence-corrected chi connectivity index (χ0v) is 11.0. The van der Waals surface area contributed by atoms with E-state index < -0.39 is 0 Å². The van der Waals surface area contributed by atoms with E-state index in [9.17, 15) is 0 Å². The maximum atomic E-state index is 3.41. The van der Waals surface area contributed by atoms with E-state index in [4.69, 9.17) is 0 Å². The second kappa shape index (κ2) is 4.95. The highest BCUT2D eigenvalue weighted by atomic mass is 79.9. The standard InChI is InChI=1S/C6H3Br2.Al.BrH/c7-5-3-1-2-4-6(5)8;;/h1-3H;;1H. The largest absolute Gasteiger partial charge is 0.177 e. The van der Waals surface area contributed by atoms with Crippen LogP contribution in [0, 0.1) is 0 Å². The van der Waals surface area contributed by atoms with E-state index in [2.05, 4.69) is 48.2 Å². The van der Waals surface area contributed by atoms with Gasteiger partial charge in [-0.3, -0.25) is 0 Å². The van der Waals surface area contributed by atoms with Crippen LogP contribution in [0.25, 0.3) is 0 Å². The van der Waals surface area contributed by atoms with E-state index >= 15 is 0 Å². The molecule has 4 heteroatoms. The third-order valence-electron chi connectivity index (χ3n) is 0.981. The van der Waals surface area contributed by atoms with Crippen molar-refractivity contribution in [2.45, 2.75) is 0 Å². The molecule has 0 fully saturated rings. The predicted octanol–water partition coefficient (Wildman–Crippen LogP) is 2.58. The van der Waals surface area contributed by atoms with Gasteiger partial charge in [-0.15, -0.1) is 21.4 Å². The van der Waals surface area contributed by atoms with Crippen LogP contribution in [0.1, 0.15) is 0 Å². The van der Waals surface area contributed by atoms with E-state index in [0.717, 1.165) is 8.95 Å². The fraction of sp³-hybridized carbons (Fsp3) is 0. The molecular formula is C6H4AlBr3. The number of benzene rings is 1. The normalized spacial score (nSPS) is 8.60. The molecule has 0 aliphatic carbocycles. The van der Waals surface area contributed by atoms with Gasteiger partial charge in [0.15, 0.2) is 16.3 Å². The molecule has 0 saturated carbocycles. The molecule has 0 unspecified atom stereocenters. The Kier molecular flexibility index (Phi) is 5.54. The van der Waals surface area contributed by atoms with Gasteiger partial charge in [0.05, 0.1) is 0 Å². The number of rotatable bonds is 0. The predicted molar refractivity (Wildman–Crippen MR) is 57.6 cm³/mol. The lowest BCUT2D eigenvalue weighted by Gasteiger charge is -1.98. The van der Waals surface area contributed by atoms with E-state index in [0.29, 0.717) is 0 Å². The monoisotopic (exact) mass is 340 g/mol. The minimum absolute atomic E-state index is 0. The van der Waals surface area contributed by atoms with Gasteiger partial charge in [-0.05, 0) is 22.0 Å². The van der Waals surface area contributed by atoms with Crippen molar-refractivity contribution in [3.8, 4) is 0 Å². The van der Waals surface area contributed by atoms with Crippen LogP contribution in [0.15, 0.2) is 27.1 Å². The molecule has 0 amide bonds. The van der Waals surface area contributed by atoms with Crippen molar-refractivity contribution in [3.05, 3.63) is 27.1 Å². The minimum atomic E-state index is 0. The van der Waals surface area contributed by atoms with Crippen molar-refractivity contribution >= 4 is 69.6 Å². The van der Waals surface area contributed by atoms with Crippen molar-refractivity contribution in [2.24, 2.45) is 0 Å². The highest BCUT2D eigenvalue weighted by Crippen LogP contribution is 2.18. The summed E-state index contributed by atoms with van der Waals surface area (Å²) >= 11 is 9.44. The Balaban J connectivity index is 0.000000810. The molecule has 0 aliphatic rings. The lowest BCUT2D eigenvalue weighted by molar-refractivity contribution is 1.64. The Morgan fingerprint density at radius 3 is 2.20 bits per heavy atom. The minimum Gasteiger partial charge on any atom is -0.124 e.